The van der Waals surface area contributed by atoms with Gasteiger partial charge in [0.15, 0.2) is 0 Å². The van der Waals surface area contributed by atoms with Gasteiger partial charge in [-0.25, -0.2) is 0 Å². The molecule has 70 valence electrons. The number of ketones is 1. The van der Waals surface area contributed by atoms with E-state index >= 15 is 0 Å². The van der Waals surface area contributed by atoms with E-state index in [9.17, 15) is 4.79 Å². The van der Waals surface area contributed by atoms with Crippen LogP contribution in [0.25, 0.3) is 0 Å². The van der Waals surface area contributed by atoms with Gasteiger partial charge in [0, 0.05) is 18.8 Å². The number of pyridine rings is 1. The van der Waals surface area contributed by atoms with Gasteiger partial charge in [-0.3, -0.25) is 4.98 Å². The fourth-order valence-corrected chi connectivity index (χ4v) is 1.19. The number of aromatic nitrogens is 1. The van der Waals surface area contributed by atoms with Crippen molar-refractivity contribution in [1.29, 1.82) is 0 Å². The Morgan fingerprint density at radius 1 is 1.38 bits per heavy atom. The zero-order valence-corrected chi connectivity index (χ0v) is 8.21. The Morgan fingerprint density at radius 3 is 2.69 bits per heavy atom. The minimum Gasteiger partial charge on any atom is -0.300 e. The van der Waals surface area contributed by atoms with E-state index in [0.717, 1.165) is 18.4 Å². The number of aryl methyl sites for hydroxylation is 2. The van der Waals surface area contributed by atoms with Crippen molar-refractivity contribution in [2.24, 2.45) is 0 Å². The minimum atomic E-state index is 0.238. The fourth-order valence-electron chi connectivity index (χ4n) is 1.19. The highest BCUT2D eigenvalue weighted by atomic mass is 16.1. The van der Waals surface area contributed by atoms with Crippen molar-refractivity contribution in [2.75, 3.05) is 0 Å². The molecule has 0 aromatic carbocycles. The molecule has 0 aliphatic rings. The molecule has 0 bridgehead atoms. The van der Waals surface area contributed by atoms with Crippen LogP contribution >= 0.6 is 0 Å². The summed E-state index contributed by atoms with van der Waals surface area (Å²) < 4.78 is 0. The Kier molecular flexibility index (Phi) is 3.62. The Morgan fingerprint density at radius 2 is 2.08 bits per heavy atom. The smallest absolute Gasteiger partial charge is 0.130 e. The van der Waals surface area contributed by atoms with E-state index in [1.54, 1.807) is 6.92 Å². The molecule has 0 atom stereocenters. The predicted octanol–water partition coefficient (Wildman–Crippen LogP) is 2.17. The topological polar surface area (TPSA) is 30.0 Å². The number of rotatable bonds is 4. The lowest BCUT2D eigenvalue weighted by atomic mass is 10.1. The van der Waals surface area contributed by atoms with Gasteiger partial charge in [-0.05, 0) is 30.9 Å². The first-order chi connectivity index (χ1) is 6.22. The average molecular weight is 177 g/mol. The summed E-state index contributed by atoms with van der Waals surface area (Å²) in [5, 5.41) is 0. The summed E-state index contributed by atoms with van der Waals surface area (Å²) in [5.74, 6) is 0.238. The van der Waals surface area contributed by atoms with E-state index in [2.05, 4.69) is 18.0 Å². The van der Waals surface area contributed by atoms with Crippen molar-refractivity contribution in [1.82, 2.24) is 4.98 Å². The van der Waals surface area contributed by atoms with Gasteiger partial charge < -0.3 is 4.79 Å². The van der Waals surface area contributed by atoms with Gasteiger partial charge in [0.05, 0.1) is 0 Å². The number of carbonyl (C=O) groups excluding carboxylic acids is 1. The third-order valence-electron chi connectivity index (χ3n) is 2.03. The molecule has 0 fully saturated rings. The van der Waals surface area contributed by atoms with Gasteiger partial charge in [0.25, 0.3) is 0 Å². The van der Waals surface area contributed by atoms with E-state index < -0.39 is 0 Å². The van der Waals surface area contributed by atoms with Crippen LogP contribution in [0.4, 0.5) is 0 Å². The van der Waals surface area contributed by atoms with Crippen LogP contribution in [-0.4, -0.2) is 10.8 Å². The zero-order chi connectivity index (χ0) is 9.68. The molecule has 0 unspecified atom stereocenters. The van der Waals surface area contributed by atoms with Gasteiger partial charge >= 0.3 is 0 Å². The van der Waals surface area contributed by atoms with Crippen molar-refractivity contribution in [3.05, 3.63) is 29.6 Å². The highest BCUT2D eigenvalue weighted by molar-refractivity contribution is 5.75. The summed E-state index contributed by atoms with van der Waals surface area (Å²) in [6.45, 7) is 3.73. The molecule has 0 saturated heterocycles. The van der Waals surface area contributed by atoms with E-state index in [1.165, 1.54) is 5.56 Å². The number of hydrogen-bond acceptors (Lipinski definition) is 2. The van der Waals surface area contributed by atoms with Crippen molar-refractivity contribution in [3.63, 3.8) is 0 Å². The van der Waals surface area contributed by atoms with E-state index in [0.29, 0.717) is 6.42 Å². The number of carbonyl (C=O) groups is 1. The normalized spacial score (nSPS) is 10.0. The van der Waals surface area contributed by atoms with Gasteiger partial charge in [-0.1, -0.05) is 13.0 Å². The maximum absolute atomic E-state index is 10.8. The second-order valence-electron chi connectivity index (χ2n) is 3.26. The standard InChI is InChI=1S/C11H15NO/c1-3-10-6-11(8-12-7-10)5-4-9(2)13/h6-8H,3-5H2,1-2H3. The number of hydrogen-bond donors (Lipinski definition) is 0. The van der Waals surface area contributed by atoms with Crippen LogP contribution in [0.15, 0.2) is 18.5 Å². The third-order valence-corrected chi connectivity index (χ3v) is 2.03. The van der Waals surface area contributed by atoms with E-state index in [-0.39, 0.29) is 5.78 Å². The molecule has 1 heterocycles. The van der Waals surface area contributed by atoms with Crippen molar-refractivity contribution < 1.29 is 4.79 Å². The van der Waals surface area contributed by atoms with Crippen LogP contribution in [0.5, 0.6) is 0 Å². The first-order valence-electron chi connectivity index (χ1n) is 4.64. The summed E-state index contributed by atoms with van der Waals surface area (Å²) in [4.78, 5) is 14.9. The van der Waals surface area contributed by atoms with E-state index in [4.69, 9.17) is 0 Å². The van der Waals surface area contributed by atoms with Crippen LogP contribution in [0.2, 0.25) is 0 Å². The van der Waals surface area contributed by atoms with Gasteiger partial charge in [0.1, 0.15) is 5.78 Å². The van der Waals surface area contributed by atoms with Crippen molar-refractivity contribution in [3.8, 4) is 0 Å². The predicted molar refractivity (Wildman–Crippen MR) is 52.6 cm³/mol. The Balaban J connectivity index is 2.61. The largest absolute Gasteiger partial charge is 0.300 e. The molecule has 1 aromatic rings. The fraction of sp³-hybridized carbons (Fsp3) is 0.455. The molecule has 2 heteroatoms. The maximum Gasteiger partial charge on any atom is 0.130 e. The van der Waals surface area contributed by atoms with Crippen LogP contribution < -0.4 is 0 Å². The molecule has 0 spiro atoms. The molecular weight excluding hydrogens is 162 g/mol. The zero-order valence-electron chi connectivity index (χ0n) is 8.21. The first-order valence-corrected chi connectivity index (χ1v) is 4.64. The van der Waals surface area contributed by atoms with Crippen LogP contribution in [0.1, 0.15) is 31.4 Å². The molecule has 0 N–H and O–H groups in total. The summed E-state index contributed by atoms with van der Waals surface area (Å²) in [6, 6.07) is 2.12. The summed E-state index contributed by atoms with van der Waals surface area (Å²) >= 11 is 0. The number of nitrogens with zero attached hydrogens (tertiary/aromatic N) is 1. The first kappa shape index (κ1) is 9.90. The highest BCUT2D eigenvalue weighted by Crippen LogP contribution is 2.06. The van der Waals surface area contributed by atoms with Crippen molar-refractivity contribution >= 4 is 5.78 Å². The second-order valence-corrected chi connectivity index (χ2v) is 3.26. The molecule has 0 radical (unpaired) electrons. The SMILES string of the molecule is CCc1cncc(CCC(C)=O)c1. The molecular formula is C11H15NO. The Labute approximate surface area is 79.0 Å². The van der Waals surface area contributed by atoms with E-state index in [1.807, 2.05) is 12.4 Å². The lowest BCUT2D eigenvalue weighted by Crippen LogP contribution is -1.95. The minimum absolute atomic E-state index is 0.238. The Hall–Kier alpha value is -1.18. The average Bonchev–Trinajstić information content (AvgIpc) is 2.15. The second kappa shape index (κ2) is 4.75. The van der Waals surface area contributed by atoms with Crippen LogP contribution in [0, 0.1) is 0 Å². The molecule has 0 saturated carbocycles. The third kappa shape index (κ3) is 3.36. The Bertz CT molecular complexity index is 294. The summed E-state index contributed by atoms with van der Waals surface area (Å²) in [5.41, 5.74) is 2.40. The summed E-state index contributed by atoms with van der Waals surface area (Å²) in [6.07, 6.45) is 6.14. The quantitative estimate of drug-likeness (QED) is 0.705. The monoisotopic (exact) mass is 177 g/mol. The number of Topliss-reactive ketones (excluding diaryl/α,β-unsaturated/α-hetero) is 1. The lowest BCUT2D eigenvalue weighted by molar-refractivity contribution is -0.116. The molecule has 13 heavy (non-hydrogen) atoms. The van der Waals surface area contributed by atoms with Gasteiger partial charge in [-0.2, -0.15) is 0 Å². The molecule has 1 aromatic heterocycles. The van der Waals surface area contributed by atoms with Crippen LogP contribution in [-0.2, 0) is 17.6 Å². The van der Waals surface area contributed by atoms with Gasteiger partial charge in [0.2, 0.25) is 0 Å². The van der Waals surface area contributed by atoms with Crippen molar-refractivity contribution in [2.45, 2.75) is 33.1 Å². The van der Waals surface area contributed by atoms with Crippen LogP contribution in [0.3, 0.4) is 0 Å². The molecule has 2 nitrogen and oxygen atoms in total. The highest BCUT2D eigenvalue weighted by Gasteiger charge is 1.98. The van der Waals surface area contributed by atoms with Gasteiger partial charge in [-0.15, -0.1) is 0 Å². The molecule has 0 aliphatic heterocycles. The summed E-state index contributed by atoms with van der Waals surface area (Å²) in [7, 11) is 0. The molecule has 1 rings (SSSR count). The molecule has 0 aliphatic carbocycles. The lowest BCUT2D eigenvalue weighted by Gasteiger charge is -2.00. The maximum atomic E-state index is 10.8. The molecule has 0 amide bonds.